The summed E-state index contributed by atoms with van der Waals surface area (Å²) < 4.78 is 11.2. The quantitative estimate of drug-likeness (QED) is 0.520. The maximum absolute atomic E-state index is 12.0. The van der Waals surface area contributed by atoms with Crippen molar-refractivity contribution < 1.29 is 13.9 Å². The van der Waals surface area contributed by atoms with Crippen molar-refractivity contribution in [3.8, 4) is 17.2 Å². The number of carbonyl (C=O) groups excluding carboxylic acids is 1. The molecule has 2 N–H and O–H groups in total. The number of carbonyl (C=O) groups is 1. The molecule has 2 aromatic rings. The molecule has 0 saturated heterocycles. The molecule has 0 radical (unpaired) electrons. The van der Waals surface area contributed by atoms with Gasteiger partial charge >= 0.3 is 6.01 Å². The summed E-state index contributed by atoms with van der Waals surface area (Å²) in [7, 11) is 1.57. The summed E-state index contributed by atoms with van der Waals surface area (Å²) in [6, 6.07) is 5.75. The number of nitrogens with zero attached hydrogens (tertiary/aromatic N) is 3. The van der Waals surface area contributed by atoms with Crippen LogP contribution in [0, 0.1) is 5.92 Å². The van der Waals surface area contributed by atoms with Gasteiger partial charge in [-0.05, 0) is 44.1 Å². The van der Waals surface area contributed by atoms with E-state index < -0.39 is 0 Å². The molecular formula is C21H33N5O3. The highest BCUT2D eigenvalue weighted by Crippen LogP contribution is 2.32. The number of benzene rings is 1. The van der Waals surface area contributed by atoms with Crippen LogP contribution in [0.4, 0.5) is 11.7 Å². The van der Waals surface area contributed by atoms with E-state index in [2.05, 4.69) is 39.6 Å². The minimum Gasteiger partial charge on any atom is -0.496 e. The van der Waals surface area contributed by atoms with E-state index in [4.69, 9.17) is 9.15 Å². The summed E-state index contributed by atoms with van der Waals surface area (Å²) >= 11 is 0. The molecule has 1 aromatic carbocycles. The molecule has 0 aliphatic rings. The number of hydrogen-bond donors (Lipinski definition) is 2. The zero-order valence-electron chi connectivity index (χ0n) is 18.1. The van der Waals surface area contributed by atoms with Crippen LogP contribution in [0.1, 0.15) is 40.5 Å². The van der Waals surface area contributed by atoms with E-state index >= 15 is 0 Å². The highest BCUT2D eigenvalue weighted by Gasteiger charge is 2.15. The van der Waals surface area contributed by atoms with Crippen molar-refractivity contribution >= 4 is 17.6 Å². The van der Waals surface area contributed by atoms with Crippen LogP contribution in [0.3, 0.4) is 0 Å². The van der Waals surface area contributed by atoms with Gasteiger partial charge in [-0.15, -0.1) is 5.10 Å². The Bertz CT molecular complexity index is 771. The normalized spacial score (nSPS) is 11.1. The van der Waals surface area contributed by atoms with Crippen molar-refractivity contribution in [2.45, 2.75) is 40.5 Å². The van der Waals surface area contributed by atoms with Gasteiger partial charge in [-0.2, -0.15) is 0 Å². The van der Waals surface area contributed by atoms with Crippen molar-refractivity contribution in [1.82, 2.24) is 15.1 Å². The third kappa shape index (κ3) is 7.05. The van der Waals surface area contributed by atoms with Crippen LogP contribution in [0.2, 0.25) is 0 Å². The zero-order valence-corrected chi connectivity index (χ0v) is 18.1. The van der Waals surface area contributed by atoms with Crippen molar-refractivity contribution in [1.29, 1.82) is 0 Å². The number of ether oxygens (including phenoxy) is 1. The number of hydrogen-bond acceptors (Lipinski definition) is 7. The first-order valence-corrected chi connectivity index (χ1v) is 10.2. The second kappa shape index (κ2) is 11.4. The molecule has 1 aromatic heterocycles. The van der Waals surface area contributed by atoms with Crippen LogP contribution in [0.15, 0.2) is 22.6 Å². The number of amides is 1. The molecular weight excluding hydrogens is 370 g/mol. The summed E-state index contributed by atoms with van der Waals surface area (Å²) in [4.78, 5) is 14.4. The highest BCUT2D eigenvalue weighted by molar-refractivity contribution is 5.91. The fourth-order valence-corrected chi connectivity index (χ4v) is 2.97. The Balaban J connectivity index is 1.98. The molecule has 160 valence electrons. The predicted octanol–water partition coefficient (Wildman–Crippen LogP) is 3.87. The fraction of sp³-hybridized carbons (Fsp3) is 0.571. The summed E-state index contributed by atoms with van der Waals surface area (Å²) in [6.07, 6.45) is 1.46. The SMILES string of the molecule is CCN(CC)CCCNc1nnc(-c2ccc(NC(=O)CC(C)C)cc2OC)o1. The Morgan fingerprint density at radius 3 is 2.66 bits per heavy atom. The molecule has 1 heterocycles. The Labute approximate surface area is 173 Å². The zero-order chi connectivity index (χ0) is 21.2. The molecule has 0 aliphatic carbocycles. The van der Waals surface area contributed by atoms with Gasteiger partial charge in [0.2, 0.25) is 5.91 Å². The fourth-order valence-electron chi connectivity index (χ4n) is 2.97. The summed E-state index contributed by atoms with van der Waals surface area (Å²) in [5.74, 6) is 1.20. The average Bonchev–Trinajstić information content (AvgIpc) is 3.16. The first-order chi connectivity index (χ1) is 14.0. The van der Waals surface area contributed by atoms with Gasteiger partial charge in [0, 0.05) is 24.7 Å². The highest BCUT2D eigenvalue weighted by atomic mass is 16.5. The van der Waals surface area contributed by atoms with Gasteiger partial charge in [-0.1, -0.05) is 32.8 Å². The second-order valence-electron chi connectivity index (χ2n) is 7.28. The van der Waals surface area contributed by atoms with Gasteiger partial charge in [-0.25, -0.2) is 0 Å². The van der Waals surface area contributed by atoms with Crippen LogP contribution < -0.4 is 15.4 Å². The minimum atomic E-state index is -0.0243. The summed E-state index contributed by atoms with van der Waals surface area (Å²) in [5.41, 5.74) is 1.35. The van der Waals surface area contributed by atoms with Crippen LogP contribution >= 0.6 is 0 Å². The van der Waals surface area contributed by atoms with Gasteiger partial charge in [0.15, 0.2) is 0 Å². The van der Waals surface area contributed by atoms with E-state index in [0.29, 0.717) is 41.2 Å². The van der Waals surface area contributed by atoms with E-state index in [-0.39, 0.29) is 5.91 Å². The molecule has 2 rings (SSSR count). The number of aromatic nitrogens is 2. The van der Waals surface area contributed by atoms with Gasteiger partial charge in [0.25, 0.3) is 5.89 Å². The largest absolute Gasteiger partial charge is 0.496 e. The second-order valence-corrected chi connectivity index (χ2v) is 7.28. The number of methoxy groups -OCH3 is 1. The van der Waals surface area contributed by atoms with Crippen LogP contribution in [-0.2, 0) is 4.79 Å². The lowest BCUT2D eigenvalue weighted by atomic mass is 10.1. The van der Waals surface area contributed by atoms with Crippen molar-refractivity contribution in [3.05, 3.63) is 18.2 Å². The maximum Gasteiger partial charge on any atom is 0.315 e. The smallest absolute Gasteiger partial charge is 0.315 e. The lowest BCUT2D eigenvalue weighted by Gasteiger charge is -2.17. The van der Waals surface area contributed by atoms with Crippen molar-refractivity contribution in [3.63, 3.8) is 0 Å². The Kier molecular flexibility index (Phi) is 8.92. The van der Waals surface area contributed by atoms with Crippen LogP contribution in [-0.4, -0.2) is 54.3 Å². The minimum absolute atomic E-state index is 0.0243. The molecule has 1 amide bonds. The molecule has 0 aliphatic heterocycles. The lowest BCUT2D eigenvalue weighted by molar-refractivity contribution is -0.116. The van der Waals surface area contributed by atoms with E-state index in [1.54, 1.807) is 19.2 Å². The van der Waals surface area contributed by atoms with Crippen LogP contribution in [0.25, 0.3) is 11.5 Å². The Morgan fingerprint density at radius 1 is 1.24 bits per heavy atom. The summed E-state index contributed by atoms with van der Waals surface area (Å²) in [5, 5.41) is 14.2. The molecule has 0 spiro atoms. The number of nitrogens with one attached hydrogen (secondary N) is 2. The average molecular weight is 404 g/mol. The monoisotopic (exact) mass is 403 g/mol. The van der Waals surface area contributed by atoms with Gasteiger partial charge in [0.05, 0.1) is 12.7 Å². The third-order valence-corrected chi connectivity index (χ3v) is 4.56. The third-order valence-electron chi connectivity index (χ3n) is 4.56. The topological polar surface area (TPSA) is 92.5 Å². The molecule has 0 bridgehead atoms. The van der Waals surface area contributed by atoms with E-state index in [9.17, 15) is 4.79 Å². The molecule has 0 saturated carbocycles. The molecule has 0 fully saturated rings. The van der Waals surface area contributed by atoms with Gasteiger partial charge in [-0.3, -0.25) is 4.79 Å². The van der Waals surface area contributed by atoms with Gasteiger partial charge in [0.1, 0.15) is 5.75 Å². The predicted molar refractivity (Wildman–Crippen MR) is 115 cm³/mol. The van der Waals surface area contributed by atoms with E-state index in [0.717, 1.165) is 32.6 Å². The first kappa shape index (κ1) is 22.7. The number of rotatable bonds is 12. The first-order valence-electron chi connectivity index (χ1n) is 10.2. The standard InChI is InChI=1S/C21H33N5O3/c1-6-26(7-2)12-8-11-22-21-25-24-20(29-21)17-10-9-16(14-18(17)28-5)23-19(27)13-15(3)4/h9-10,14-15H,6-8,11-13H2,1-5H3,(H,22,25)(H,23,27). The molecule has 8 nitrogen and oxygen atoms in total. The Morgan fingerprint density at radius 2 is 2.00 bits per heavy atom. The Hall–Kier alpha value is -2.61. The molecule has 8 heteroatoms. The maximum atomic E-state index is 12.0. The van der Waals surface area contributed by atoms with Gasteiger partial charge < -0.3 is 24.7 Å². The summed E-state index contributed by atoms with van der Waals surface area (Å²) in [6.45, 7) is 12.2. The molecule has 0 atom stereocenters. The molecule has 29 heavy (non-hydrogen) atoms. The van der Waals surface area contributed by atoms with E-state index in [1.165, 1.54) is 0 Å². The van der Waals surface area contributed by atoms with Crippen molar-refractivity contribution in [2.75, 3.05) is 43.9 Å². The van der Waals surface area contributed by atoms with Crippen LogP contribution in [0.5, 0.6) is 5.75 Å². The molecule has 0 unspecified atom stereocenters. The number of anilines is 2. The van der Waals surface area contributed by atoms with E-state index in [1.807, 2.05) is 19.9 Å². The van der Waals surface area contributed by atoms with Crippen molar-refractivity contribution in [2.24, 2.45) is 5.92 Å². The lowest BCUT2D eigenvalue weighted by Crippen LogP contribution is -2.25.